The predicted molar refractivity (Wildman–Crippen MR) is 87.2 cm³/mol. The zero-order chi connectivity index (χ0) is 14.8. The first-order chi connectivity index (χ1) is 10.9. The number of piperazine rings is 1. The van der Waals surface area contributed by atoms with Crippen LogP contribution >= 0.6 is 0 Å². The van der Waals surface area contributed by atoms with Crippen molar-refractivity contribution in [2.45, 2.75) is 18.9 Å². The Bertz CT molecular complexity index is 633. The van der Waals surface area contributed by atoms with E-state index in [1.54, 1.807) is 6.33 Å². The van der Waals surface area contributed by atoms with Crippen LogP contribution in [0.1, 0.15) is 12.8 Å². The molecule has 0 amide bonds. The lowest BCUT2D eigenvalue weighted by molar-refractivity contribution is 0.0713. The first-order valence-corrected chi connectivity index (χ1v) is 8.17. The molecule has 1 aromatic heterocycles. The quantitative estimate of drug-likeness (QED) is 0.866. The van der Waals surface area contributed by atoms with Gasteiger partial charge in [-0.25, -0.2) is 9.97 Å². The molecule has 2 aliphatic rings. The smallest absolute Gasteiger partial charge is 0.116 e. The summed E-state index contributed by atoms with van der Waals surface area (Å²) in [6.45, 7) is 6.42. The summed E-state index contributed by atoms with van der Waals surface area (Å²) in [5.41, 5.74) is 2.29. The molecule has 0 spiro atoms. The molecule has 0 N–H and O–H groups in total. The number of hydrogen-bond acceptors (Lipinski definition) is 5. The van der Waals surface area contributed by atoms with Crippen molar-refractivity contribution in [2.24, 2.45) is 0 Å². The molecule has 0 aliphatic carbocycles. The van der Waals surface area contributed by atoms with Crippen molar-refractivity contribution in [1.29, 1.82) is 0 Å². The van der Waals surface area contributed by atoms with E-state index in [1.807, 2.05) is 6.20 Å². The number of anilines is 1. The van der Waals surface area contributed by atoms with Gasteiger partial charge in [0.15, 0.2) is 0 Å². The molecule has 1 atom stereocenters. The molecular formula is C17H22N4O. The average molecular weight is 298 g/mol. The molecular weight excluding hydrogens is 276 g/mol. The molecule has 1 unspecified atom stereocenters. The molecule has 2 saturated heterocycles. The third-order valence-electron chi connectivity index (χ3n) is 4.71. The molecule has 2 aromatic rings. The van der Waals surface area contributed by atoms with Gasteiger partial charge in [-0.1, -0.05) is 0 Å². The van der Waals surface area contributed by atoms with Gasteiger partial charge in [0.2, 0.25) is 0 Å². The minimum atomic E-state index is 0.462. The molecule has 0 bridgehead atoms. The monoisotopic (exact) mass is 298 g/mol. The maximum absolute atomic E-state index is 5.75. The van der Waals surface area contributed by atoms with Gasteiger partial charge in [-0.3, -0.25) is 4.90 Å². The van der Waals surface area contributed by atoms with Crippen LogP contribution < -0.4 is 4.90 Å². The van der Waals surface area contributed by atoms with Crippen LogP contribution in [0.15, 0.2) is 30.7 Å². The minimum Gasteiger partial charge on any atom is -0.377 e. The van der Waals surface area contributed by atoms with E-state index in [4.69, 9.17) is 4.74 Å². The van der Waals surface area contributed by atoms with E-state index in [0.29, 0.717) is 6.10 Å². The topological polar surface area (TPSA) is 41.5 Å². The Morgan fingerprint density at radius 3 is 2.91 bits per heavy atom. The van der Waals surface area contributed by atoms with Gasteiger partial charge in [0.05, 0.1) is 11.6 Å². The highest BCUT2D eigenvalue weighted by atomic mass is 16.5. The highest BCUT2D eigenvalue weighted by Gasteiger charge is 2.22. The van der Waals surface area contributed by atoms with Gasteiger partial charge in [0, 0.05) is 56.6 Å². The Morgan fingerprint density at radius 2 is 2.09 bits per heavy atom. The first-order valence-electron chi connectivity index (χ1n) is 8.17. The van der Waals surface area contributed by atoms with Gasteiger partial charge in [-0.05, 0) is 31.0 Å². The number of aromatic nitrogens is 2. The second-order valence-corrected chi connectivity index (χ2v) is 6.19. The number of rotatable bonds is 3. The van der Waals surface area contributed by atoms with E-state index in [9.17, 15) is 0 Å². The minimum absolute atomic E-state index is 0.462. The summed E-state index contributed by atoms with van der Waals surface area (Å²) in [6.07, 6.45) is 6.41. The lowest BCUT2D eigenvalue weighted by Gasteiger charge is -2.37. The van der Waals surface area contributed by atoms with Crippen LogP contribution in [0.3, 0.4) is 0 Å². The van der Waals surface area contributed by atoms with Crippen LogP contribution in [0.4, 0.5) is 5.69 Å². The fourth-order valence-corrected chi connectivity index (χ4v) is 3.43. The molecule has 3 heterocycles. The summed E-state index contributed by atoms with van der Waals surface area (Å²) in [7, 11) is 0. The van der Waals surface area contributed by atoms with E-state index in [2.05, 4.69) is 38.0 Å². The van der Waals surface area contributed by atoms with E-state index >= 15 is 0 Å². The molecule has 22 heavy (non-hydrogen) atoms. The van der Waals surface area contributed by atoms with Crippen molar-refractivity contribution in [3.63, 3.8) is 0 Å². The summed E-state index contributed by atoms with van der Waals surface area (Å²) in [5.74, 6) is 0. The lowest BCUT2D eigenvalue weighted by Crippen LogP contribution is -2.48. The normalized spacial score (nSPS) is 23.3. The number of benzene rings is 1. The van der Waals surface area contributed by atoms with E-state index in [0.717, 1.165) is 50.2 Å². The predicted octanol–water partition coefficient (Wildman–Crippen LogP) is 1.93. The maximum Gasteiger partial charge on any atom is 0.116 e. The largest absolute Gasteiger partial charge is 0.377 e. The molecule has 116 valence electrons. The number of nitrogens with zero attached hydrogens (tertiary/aromatic N) is 4. The van der Waals surface area contributed by atoms with E-state index in [1.165, 1.54) is 18.5 Å². The molecule has 5 nitrogen and oxygen atoms in total. The van der Waals surface area contributed by atoms with E-state index in [-0.39, 0.29) is 0 Å². The Kier molecular flexibility index (Phi) is 3.91. The molecule has 0 radical (unpaired) electrons. The average Bonchev–Trinajstić information content (AvgIpc) is 3.08. The summed E-state index contributed by atoms with van der Waals surface area (Å²) < 4.78 is 5.75. The van der Waals surface area contributed by atoms with E-state index < -0.39 is 0 Å². The zero-order valence-electron chi connectivity index (χ0n) is 12.8. The number of ether oxygens (including phenoxy) is 1. The first kappa shape index (κ1) is 13.9. The molecule has 0 saturated carbocycles. The van der Waals surface area contributed by atoms with Crippen LogP contribution in [0.2, 0.25) is 0 Å². The highest BCUT2D eigenvalue weighted by Crippen LogP contribution is 2.22. The Balaban J connectivity index is 1.39. The second-order valence-electron chi connectivity index (χ2n) is 6.19. The number of fused-ring (bicyclic) bond motifs is 1. The SMILES string of the molecule is c1ncc2cc(N3CCN(CC4CCCO4)CC3)ccc2n1. The van der Waals surface area contributed by atoms with Crippen LogP contribution in [0.25, 0.3) is 10.9 Å². The number of hydrogen-bond donors (Lipinski definition) is 0. The summed E-state index contributed by atoms with van der Waals surface area (Å²) in [4.78, 5) is 13.4. The van der Waals surface area contributed by atoms with Crippen LogP contribution in [0.5, 0.6) is 0 Å². The van der Waals surface area contributed by atoms with Crippen LogP contribution in [0, 0.1) is 0 Å². The standard InChI is InChI=1S/C17H22N4O/c1-2-16(22-9-1)12-20-5-7-21(8-6-20)15-3-4-17-14(10-15)11-18-13-19-17/h3-4,10-11,13,16H,1-2,5-9,12H2. The van der Waals surface area contributed by atoms with Crippen LogP contribution in [-0.2, 0) is 4.74 Å². The van der Waals surface area contributed by atoms with Crippen molar-refractivity contribution in [1.82, 2.24) is 14.9 Å². The Morgan fingerprint density at radius 1 is 1.18 bits per heavy atom. The summed E-state index contributed by atoms with van der Waals surface area (Å²) in [6, 6.07) is 6.46. The van der Waals surface area contributed by atoms with Crippen molar-refractivity contribution in [2.75, 3.05) is 44.2 Å². The van der Waals surface area contributed by atoms with Crippen molar-refractivity contribution >= 4 is 16.6 Å². The second kappa shape index (κ2) is 6.18. The molecule has 4 rings (SSSR count). The molecule has 5 heteroatoms. The van der Waals surface area contributed by atoms with Crippen molar-refractivity contribution in [3.8, 4) is 0 Å². The van der Waals surface area contributed by atoms with Gasteiger partial charge >= 0.3 is 0 Å². The molecule has 2 fully saturated rings. The Labute approximate surface area is 130 Å². The summed E-state index contributed by atoms with van der Waals surface area (Å²) in [5, 5.41) is 1.11. The fraction of sp³-hybridized carbons (Fsp3) is 0.529. The summed E-state index contributed by atoms with van der Waals surface area (Å²) >= 11 is 0. The molecule has 2 aliphatic heterocycles. The van der Waals surface area contributed by atoms with Crippen molar-refractivity contribution in [3.05, 3.63) is 30.7 Å². The fourth-order valence-electron chi connectivity index (χ4n) is 3.43. The third kappa shape index (κ3) is 2.91. The maximum atomic E-state index is 5.75. The zero-order valence-corrected chi connectivity index (χ0v) is 12.8. The Hall–Kier alpha value is -1.72. The van der Waals surface area contributed by atoms with Gasteiger partial charge in [-0.2, -0.15) is 0 Å². The molecule has 1 aromatic carbocycles. The third-order valence-corrected chi connectivity index (χ3v) is 4.71. The lowest BCUT2D eigenvalue weighted by atomic mass is 10.1. The van der Waals surface area contributed by atoms with Crippen molar-refractivity contribution < 1.29 is 4.74 Å². The highest BCUT2D eigenvalue weighted by molar-refractivity contribution is 5.81. The van der Waals surface area contributed by atoms with Gasteiger partial charge in [0.25, 0.3) is 0 Å². The van der Waals surface area contributed by atoms with Gasteiger partial charge < -0.3 is 9.64 Å². The van der Waals surface area contributed by atoms with Gasteiger partial charge in [0.1, 0.15) is 6.33 Å². The van der Waals surface area contributed by atoms with Gasteiger partial charge in [-0.15, -0.1) is 0 Å². The van der Waals surface area contributed by atoms with Crippen LogP contribution in [-0.4, -0.2) is 60.3 Å².